The molecule has 0 saturated heterocycles. The number of nitrogens with zero attached hydrogens (tertiary/aromatic N) is 2. The lowest BCUT2D eigenvalue weighted by Crippen LogP contribution is -2.49. The molecule has 0 fully saturated rings. The lowest BCUT2D eigenvalue weighted by atomic mass is 10.0. The van der Waals surface area contributed by atoms with Gasteiger partial charge in [-0.25, -0.2) is 0 Å². The Morgan fingerprint density at radius 3 is 2.50 bits per heavy atom. The number of rotatable bonds is 5. The van der Waals surface area contributed by atoms with Gasteiger partial charge in [-0.15, -0.1) is 6.42 Å². The molecule has 1 unspecified atom stereocenters. The molecule has 1 atom stereocenters. The number of allylic oxidation sites excluding steroid dienone is 1. The molecule has 0 aliphatic carbocycles. The fourth-order valence-electron chi connectivity index (χ4n) is 2.87. The van der Waals surface area contributed by atoms with Crippen LogP contribution in [0.3, 0.4) is 0 Å². The summed E-state index contributed by atoms with van der Waals surface area (Å²) in [6.07, 6.45) is 6.00. The Kier molecular flexibility index (Phi) is 5.11. The Morgan fingerprint density at radius 1 is 1.27 bits per heavy atom. The molecule has 1 aromatic carbocycles. The van der Waals surface area contributed by atoms with Gasteiger partial charge in [-0.3, -0.25) is 4.79 Å². The van der Waals surface area contributed by atoms with Crippen molar-refractivity contribution in [3.05, 3.63) is 47.4 Å². The van der Waals surface area contributed by atoms with Crippen molar-refractivity contribution in [2.45, 2.75) is 26.4 Å². The first-order valence-corrected chi connectivity index (χ1v) is 7.53. The first-order valence-electron chi connectivity index (χ1n) is 7.53. The van der Waals surface area contributed by atoms with Gasteiger partial charge in [0.15, 0.2) is 0 Å². The molecular formula is C18H22N2O2. The van der Waals surface area contributed by atoms with Gasteiger partial charge in [0, 0.05) is 7.05 Å². The normalized spacial score (nSPS) is 18.5. The summed E-state index contributed by atoms with van der Waals surface area (Å²) in [6, 6.07) is 9.92. The van der Waals surface area contributed by atoms with Crippen LogP contribution in [-0.2, 0) is 9.53 Å². The van der Waals surface area contributed by atoms with E-state index in [1.807, 2.05) is 51.2 Å². The summed E-state index contributed by atoms with van der Waals surface area (Å²) in [5.74, 6) is 2.86. The van der Waals surface area contributed by atoms with Crippen LogP contribution in [-0.4, -0.2) is 35.9 Å². The lowest BCUT2D eigenvalue weighted by Gasteiger charge is -2.44. The third kappa shape index (κ3) is 2.80. The fraction of sp³-hybridized carbons (Fsp3) is 0.389. The molecule has 0 radical (unpaired) electrons. The Bertz CT molecular complexity index is 601. The molecule has 2 rings (SSSR count). The molecule has 0 saturated carbocycles. The second kappa shape index (κ2) is 7.04. The van der Waals surface area contributed by atoms with Crippen LogP contribution < -0.4 is 0 Å². The van der Waals surface area contributed by atoms with Gasteiger partial charge in [-0.1, -0.05) is 43.2 Å². The zero-order valence-electron chi connectivity index (χ0n) is 13.4. The van der Waals surface area contributed by atoms with E-state index in [-0.39, 0.29) is 18.6 Å². The molecule has 4 nitrogen and oxygen atoms in total. The van der Waals surface area contributed by atoms with Gasteiger partial charge in [-0.2, -0.15) is 0 Å². The van der Waals surface area contributed by atoms with Gasteiger partial charge in [-0.05, 0) is 18.9 Å². The highest BCUT2D eigenvalue weighted by Gasteiger charge is 2.38. The van der Waals surface area contributed by atoms with Crippen LogP contribution in [0.5, 0.6) is 0 Å². The minimum Gasteiger partial charge on any atom is -0.487 e. The molecular weight excluding hydrogens is 276 g/mol. The number of hydrogen-bond acceptors (Lipinski definition) is 3. The molecule has 0 spiro atoms. The van der Waals surface area contributed by atoms with Gasteiger partial charge >= 0.3 is 0 Å². The number of carbonyl (C=O) groups is 1. The van der Waals surface area contributed by atoms with Crippen molar-refractivity contribution in [3.63, 3.8) is 0 Å². The Labute approximate surface area is 132 Å². The first-order chi connectivity index (χ1) is 10.7. The van der Waals surface area contributed by atoms with Crippen molar-refractivity contribution < 1.29 is 9.53 Å². The standard InChI is InChI=1S/C18H22N2O2/c1-5-13-20-17(14-11-9-8-10-12-14)19(4)15(6-2)16(18(20)21)22-7-3/h1,8-12,17H,6-7,13H2,2-4H3. The summed E-state index contributed by atoms with van der Waals surface area (Å²) in [5, 5.41) is 0. The van der Waals surface area contributed by atoms with Gasteiger partial charge < -0.3 is 14.5 Å². The van der Waals surface area contributed by atoms with Crippen LogP contribution in [0.2, 0.25) is 0 Å². The van der Waals surface area contributed by atoms with Crippen molar-refractivity contribution in [2.24, 2.45) is 0 Å². The van der Waals surface area contributed by atoms with Crippen LogP contribution in [0.1, 0.15) is 32.0 Å². The highest BCUT2D eigenvalue weighted by atomic mass is 16.5. The highest BCUT2D eigenvalue weighted by Crippen LogP contribution is 2.35. The maximum atomic E-state index is 12.8. The molecule has 1 aliphatic rings. The van der Waals surface area contributed by atoms with E-state index in [4.69, 9.17) is 11.2 Å². The molecule has 0 bridgehead atoms. The molecule has 1 aliphatic heterocycles. The summed E-state index contributed by atoms with van der Waals surface area (Å²) in [7, 11) is 1.98. The Hall–Kier alpha value is -2.41. The van der Waals surface area contributed by atoms with E-state index in [1.54, 1.807) is 4.90 Å². The average Bonchev–Trinajstić information content (AvgIpc) is 2.53. The van der Waals surface area contributed by atoms with E-state index in [0.29, 0.717) is 12.4 Å². The van der Waals surface area contributed by atoms with Crippen molar-refractivity contribution in [3.8, 4) is 12.3 Å². The van der Waals surface area contributed by atoms with E-state index >= 15 is 0 Å². The summed E-state index contributed by atoms with van der Waals surface area (Å²) < 4.78 is 5.61. The van der Waals surface area contributed by atoms with E-state index in [0.717, 1.165) is 17.7 Å². The predicted octanol–water partition coefficient (Wildman–Crippen LogP) is 2.75. The molecule has 4 heteroatoms. The quantitative estimate of drug-likeness (QED) is 0.784. The van der Waals surface area contributed by atoms with Crippen molar-refractivity contribution >= 4 is 5.91 Å². The molecule has 1 aromatic rings. The maximum Gasteiger partial charge on any atom is 0.293 e. The van der Waals surface area contributed by atoms with Crippen molar-refractivity contribution in [2.75, 3.05) is 20.2 Å². The summed E-state index contributed by atoms with van der Waals surface area (Å²) >= 11 is 0. The third-order valence-electron chi connectivity index (χ3n) is 3.79. The molecule has 1 amide bonds. The number of ether oxygens (including phenoxy) is 1. The van der Waals surface area contributed by atoms with Crippen LogP contribution in [0.15, 0.2) is 41.8 Å². The van der Waals surface area contributed by atoms with Crippen LogP contribution in [0, 0.1) is 12.3 Å². The number of benzene rings is 1. The summed E-state index contributed by atoms with van der Waals surface area (Å²) in [6.45, 7) is 4.61. The highest BCUT2D eigenvalue weighted by molar-refractivity contribution is 5.93. The first kappa shape index (κ1) is 16.0. The minimum atomic E-state index is -0.205. The number of amides is 1. The smallest absolute Gasteiger partial charge is 0.293 e. The molecule has 116 valence electrons. The van der Waals surface area contributed by atoms with E-state index in [1.165, 1.54) is 0 Å². The zero-order chi connectivity index (χ0) is 16.1. The summed E-state index contributed by atoms with van der Waals surface area (Å²) in [5.41, 5.74) is 1.95. The number of hydrogen-bond donors (Lipinski definition) is 0. The molecule has 1 heterocycles. The molecule has 0 aromatic heterocycles. The Morgan fingerprint density at radius 2 is 1.95 bits per heavy atom. The van der Waals surface area contributed by atoms with Gasteiger partial charge in [0.1, 0.15) is 6.17 Å². The van der Waals surface area contributed by atoms with Crippen LogP contribution >= 0.6 is 0 Å². The van der Waals surface area contributed by atoms with Gasteiger partial charge in [0.2, 0.25) is 5.76 Å². The average molecular weight is 298 g/mol. The summed E-state index contributed by atoms with van der Waals surface area (Å²) in [4.78, 5) is 16.6. The van der Waals surface area contributed by atoms with E-state index in [2.05, 4.69) is 10.8 Å². The van der Waals surface area contributed by atoms with Crippen LogP contribution in [0.4, 0.5) is 0 Å². The predicted molar refractivity (Wildman–Crippen MR) is 86.4 cm³/mol. The zero-order valence-corrected chi connectivity index (χ0v) is 13.4. The largest absolute Gasteiger partial charge is 0.487 e. The number of carbonyl (C=O) groups excluding carboxylic acids is 1. The lowest BCUT2D eigenvalue weighted by molar-refractivity contribution is -0.139. The topological polar surface area (TPSA) is 32.8 Å². The van der Waals surface area contributed by atoms with E-state index in [9.17, 15) is 4.79 Å². The second-order valence-corrected chi connectivity index (χ2v) is 5.09. The third-order valence-corrected chi connectivity index (χ3v) is 3.79. The van der Waals surface area contributed by atoms with Crippen molar-refractivity contribution in [1.29, 1.82) is 0 Å². The monoisotopic (exact) mass is 298 g/mol. The fourth-order valence-corrected chi connectivity index (χ4v) is 2.87. The maximum absolute atomic E-state index is 12.8. The molecule has 0 N–H and O–H groups in total. The number of terminal acetylenes is 1. The van der Waals surface area contributed by atoms with Crippen LogP contribution in [0.25, 0.3) is 0 Å². The van der Waals surface area contributed by atoms with E-state index < -0.39 is 0 Å². The minimum absolute atomic E-state index is 0.136. The van der Waals surface area contributed by atoms with Gasteiger partial charge in [0.25, 0.3) is 5.91 Å². The Balaban J connectivity index is 2.53. The molecule has 22 heavy (non-hydrogen) atoms. The second-order valence-electron chi connectivity index (χ2n) is 5.09. The SMILES string of the molecule is C#CCN1C(=O)C(OCC)=C(CC)N(C)C1c1ccccc1. The van der Waals surface area contributed by atoms with Gasteiger partial charge in [0.05, 0.1) is 18.8 Å². The van der Waals surface area contributed by atoms with Crippen molar-refractivity contribution in [1.82, 2.24) is 9.80 Å².